The van der Waals surface area contributed by atoms with Crippen molar-refractivity contribution in [2.45, 2.75) is 282 Å². The fraction of sp³-hybridized carbons (Fsp3) is 0.894. The van der Waals surface area contributed by atoms with E-state index in [2.05, 4.69) is 126 Å². The highest BCUT2D eigenvalue weighted by Gasteiger charge is 2.36. The zero-order valence-corrected chi connectivity index (χ0v) is 67.1. The Morgan fingerprint density at radius 2 is 0.532 bits per heavy atom. The van der Waals surface area contributed by atoms with Crippen molar-refractivity contribution in [3.05, 3.63) is 0 Å². The summed E-state index contributed by atoms with van der Waals surface area (Å²) < 4.78 is 21.4. The van der Waals surface area contributed by atoms with E-state index in [1.165, 1.54) is 6.92 Å². The quantitative estimate of drug-likeness (QED) is 0.100. The van der Waals surface area contributed by atoms with Crippen LogP contribution >= 0.6 is 58.0 Å². The highest BCUT2D eigenvalue weighted by molar-refractivity contribution is 6.62. The third-order valence-electron chi connectivity index (χ3n) is 14.8. The van der Waals surface area contributed by atoms with Crippen LogP contribution in [0.3, 0.4) is 0 Å². The first-order valence-electron chi connectivity index (χ1n) is 33.0. The third kappa shape index (κ3) is 44.0. The van der Waals surface area contributed by atoms with Gasteiger partial charge in [0.1, 0.15) is 22.4 Å². The predicted octanol–water partition coefficient (Wildman–Crippen LogP) is 11.1. The number of hydrogen-bond donors (Lipinski definition) is 4. The molecule has 6 heterocycles. The molecule has 0 radical (unpaired) electrons. The van der Waals surface area contributed by atoms with Gasteiger partial charge in [0.25, 0.3) is 0 Å². The van der Waals surface area contributed by atoms with Crippen molar-refractivity contribution in [3.63, 3.8) is 0 Å². The molecule has 12 atom stereocenters. The first-order valence-corrected chi connectivity index (χ1v) is 35.6. The second kappa shape index (κ2) is 46.3. The van der Waals surface area contributed by atoms with Gasteiger partial charge in [-0.3, -0.25) is 24.2 Å². The number of nitrogens with zero attached hydrogens (tertiary/aromatic N) is 8. The molecular formula is C66H131Cl5N12O11. The normalized spacial score (nSPS) is 26.5. The Morgan fingerprint density at radius 1 is 0.351 bits per heavy atom. The van der Waals surface area contributed by atoms with Crippen LogP contribution in [0.4, 0.5) is 19.2 Å². The Labute approximate surface area is 594 Å². The molecule has 0 aromatic rings. The summed E-state index contributed by atoms with van der Waals surface area (Å²) in [4.78, 5) is 94.8. The SMILES string of the molecule is CC(=O)Cl.CC(=O)N1[C@H](C)CN(C(=O)OC(C)(C)C)C[C@@H]1C.CC(=O)N1[C@H](C)CNC[C@@H]1C.C[C@@H]1CN(C(=O)OC(C)(C)C)C[C@H](C)N1.C[C@@H]1CN(C(=O)OC(C)(C)C)C[C@H](C)N1.C[C@@H]1CN(C(=O)OC(C)(C)C)C[C@H](C)N1C.C[C@@H]1CNC[C@H](C)N1C.ClCCl.ClCCl. The molecule has 556 valence electrons. The van der Waals surface area contributed by atoms with E-state index >= 15 is 0 Å². The topological polar surface area (TPSA) is 230 Å². The monoisotopic (exact) mass is 1440 g/mol. The summed E-state index contributed by atoms with van der Waals surface area (Å²) in [5, 5.41) is 13.4. The molecule has 4 N–H and O–H groups in total. The molecule has 6 amide bonds. The van der Waals surface area contributed by atoms with Crippen molar-refractivity contribution in [1.29, 1.82) is 0 Å². The highest BCUT2D eigenvalue weighted by Crippen LogP contribution is 2.21. The average Bonchev–Trinajstić information content (AvgIpc) is 0.857. The van der Waals surface area contributed by atoms with Crippen LogP contribution < -0.4 is 21.3 Å². The first-order chi connectivity index (χ1) is 42.8. The Morgan fingerprint density at radius 3 is 0.723 bits per heavy atom. The van der Waals surface area contributed by atoms with E-state index in [0.717, 1.165) is 65.4 Å². The molecular weight excluding hydrogens is 1310 g/mol. The van der Waals surface area contributed by atoms with Gasteiger partial charge in [-0.2, -0.15) is 0 Å². The van der Waals surface area contributed by atoms with Crippen LogP contribution in [0.2, 0.25) is 0 Å². The van der Waals surface area contributed by atoms with Crippen LogP contribution in [-0.4, -0.2) is 279 Å². The molecule has 6 rings (SSSR count). The van der Waals surface area contributed by atoms with E-state index < -0.39 is 22.4 Å². The molecule has 23 nitrogen and oxygen atoms in total. The predicted molar refractivity (Wildman–Crippen MR) is 387 cm³/mol. The number of amides is 6. The minimum absolute atomic E-state index is 0.0266. The fourth-order valence-corrected chi connectivity index (χ4v) is 10.9. The molecule has 0 aliphatic carbocycles. The molecule has 94 heavy (non-hydrogen) atoms. The smallest absolute Gasteiger partial charge is 0.410 e. The average molecular weight is 1450 g/mol. The zero-order valence-electron chi connectivity index (χ0n) is 63.3. The summed E-state index contributed by atoms with van der Waals surface area (Å²) in [6, 6.07) is 4.25. The summed E-state index contributed by atoms with van der Waals surface area (Å²) in [5.41, 5.74) is -1.71. The van der Waals surface area contributed by atoms with E-state index in [-0.39, 0.29) is 64.2 Å². The number of nitrogens with one attached hydrogen (secondary N) is 4. The number of ether oxygens (including phenoxy) is 4. The summed E-state index contributed by atoms with van der Waals surface area (Å²) >= 11 is 23.7. The van der Waals surface area contributed by atoms with Crippen LogP contribution in [0.1, 0.15) is 187 Å². The molecule has 28 heteroatoms. The maximum atomic E-state index is 12.0. The summed E-state index contributed by atoms with van der Waals surface area (Å²) in [7, 11) is 4.29. The lowest BCUT2D eigenvalue weighted by Gasteiger charge is -2.44. The number of carbonyl (C=O) groups is 7. The molecule has 6 aliphatic rings. The van der Waals surface area contributed by atoms with Gasteiger partial charge in [-0.05, 0) is 192 Å². The molecule has 0 aromatic heterocycles. The van der Waals surface area contributed by atoms with E-state index in [9.17, 15) is 33.6 Å². The van der Waals surface area contributed by atoms with Crippen LogP contribution in [0, 0.1) is 0 Å². The van der Waals surface area contributed by atoms with Crippen molar-refractivity contribution < 1.29 is 52.5 Å². The lowest BCUT2D eigenvalue weighted by molar-refractivity contribution is -0.136. The van der Waals surface area contributed by atoms with Gasteiger partial charge in [-0.1, -0.05) is 0 Å². The van der Waals surface area contributed by atoms with Crippen LogP contribution in [0.15, 0.2) is 0 Å². The number of rotatable bonds is 0. The molecule has 0 spiro atoms. The van der Waals surface area contributed by atoms with Gasteiger partial charge in [0.15, 0.2) is 0 Å². The Balaban J connectivity index is -0.00000104. The Hall–Kier alpha value is -3.10. The third-order valence-corrected chi connectivity index (χ3v) is 14.8. The largest absolute Gasteiger partial charge is 0.444 e. The number of carbonyl (C=O) groups excluding carboxylic acids is 7. The number of piperazine rings is 6. The van der Waals surface area contributed by atoms with E-state index in [4.69, 9.17) is 65.4 Å². The second-order valence-electron chi connectivity index (χ2n) is 29.4. The Kier molecular flexibility index (Phi) is 46.8. The fourth-order valence-electron chi connectivity index (χ4n) is 10.9. The van der Waals surface area contributed by atoms with Gasteiger partial charge in [0.2, 0.25) is 17.1 Å². The number of halogens is 5. The summed E-state index contributed by atoms with van der Waals surface area (Å²) in [5.74, 6) is 0.241. The zero-order chi connectivity index (χ0) is 74.1. The first kappa shape index (κ1) is 95.1. The molecule has 6 aliphatic heterocycles. The van der Waals surface area contributed by atoms with E-state index in [0.29, 0.717) is 73.5 Å². The van der Waals surface area contributed by atoms with Crippen LogP contribution in [0.5, 0.6) is 0 Å². The number of likely N-dealkylation sites (N-methyl/N-ethyl adjacent to an activating group) is 2. The molecule has 0 unspecified atom stereocenters. The molecule has 6 fully saturated rings. The van der Waals surface area contributed by atoms with E-state index in [1.807, 2.05) is 107 Å². The van der Waals surface area contributed by atoms with Crippen molar-refractivity contribution >= 4 is 99.4 Å². The van der Waals surface area contributed by atoms with Crippen molar-refractivity contribution in [1.82, 2.24) is 60.5 Å². The van der Waals surface area contributed by atoms with Gasteiger partial charge in [-0.15, -0.1) is 46.4 Å². The minimum Gasteiger partial charge on any atom is -0.444 e. The van der Waals surface area contributed by atoms with Gasteiger partial charge >= 0.3 is 24.4 Å². The van der Waals surface area contributed by atoms with Crippen molar-refractivity contribution in [3.8, 4) is 0 Å². The maximum Gasteiger partial charge on any atom is 0.410 e. The van der Waals surface area contributed by atoms with Gasteiger partial charge in [0.05, 0.1) is 10.7 Å². The van der Waals surface area contributed by atoms with Crippen LogP contribution in [0.25, 0.3) is 0 Å². The molecule has 6 saturated heterocycles. The number of alkyl halides is 4. The Bertz CT molecular complexity index is 2070. The van der Waals surface area contributed by atoms with Crippen molar-refractivity contribution in [2.24, 2.45) is 0 Å². The second-order valence-corrected chi connectivity index (χ2v) is 31.6. The van der Waals surface area contributed by atoms with Gasteiger partial charge < -0.3 is 69.6 Å². The standard InChI is InChI=1S/C13H24N2O3.C12H24N2O2.2C11H22N2O2.C8H16N2O.C7H16N2.C2H3ClO.2CH2Cl2/c1-9-7-14(12(17)18-13(4,5)6)8-10(2)15(9)11(3)16;1-9-7-14(8-10(2)13(9)6)11(15)16-12(3,4)5;2*1-8-6-13(7-9(2)12-8)10(14)15-11(3,4)5;1-6-4-9-5-7(2)10(6)8(3)11;1-6-4-8-5-7(2)9(6)3;1-2(3)4;2*2-1-3/h9-10H,7-8H2,1-6H3;9-10H,7-8H2,1-6H3;2*8-9,12H,6-7H2,1-5H3;6-7,9H,4-5H2,1-3H3;6-8H,4-5H2,1-3H3;1H3;2*1H2/t2*9-,10+;2*8-,9+;2*6-,7+;;;. The molecule has 0 bridgehead atoms. The maximum absolute atomic E-state index is 12.0. The molecule has 0 saturated carbocycles. The van der Waals surface area contributed by atoms with Gasteiger partial charge in [-0.25, -0.2) is 19.2 Å². The lowest BCUT2D eigenvalue weighted by Crippen LogP contribution is -2.59. The molecule has 0 aromatic carbocycles. The van der Waals surface area contributed by atoms with Crippen LogP contribution in [-0.2, 0) is 33.3 Å². The summed E-state index contributed by atoms with van der Waals surface area (Å²) in [6.45, 7) is 61.8. The van der Waals surface area contributed by atoms with E-state index in [1.54, 1.807) is 33.4 Å². The highest BCUT2D eigenvalue weighted by atomic mass is 35.5. The number of hydrogen-bond acceptors (Lipinski definition) is 17. The lowest BCUT2D eigenvalue weighted by atomic mass is 10.1. The van der Waals surface area contributed by atoms with Gasteiger partial charge in [0, 0.05) is 172 Å². The van der Waals surface area contributed by atoms with Crippen molar-refractivity contribution in [2.75, 3.05) is 103 Å². The minimum atomic E-state index is -0.485. The summed E-state index contributed by atoms with van der Waals surface area (Å²) in [6.07, 6.45) is -0.908.